The van der Waals surface area contributed by atoms with Crippen LogP contribution in [0.1, 0.15) is 25.0 Å². The van der Waals surface area contributed by atoms with Crippen LogP contribution in [0.2, 0.25) is 0 Å². The maximum Gasteiger partial charge on any atom is 0.225 e. The number of halogens is 1. The first-order valence-electron chi connectivity index (χ1n) is 8.98. The van der Waals surface area contributed by atoms with Gasteiger partial charge in [-0.1, -0.05) is 12.1 Å². The van der Waals surface area contributed by atoms with Crippen molar-refractivity contribution >= 4 is 11.6 Å². The average Bonchev–Trinajstić information content (AvgIpc) is 2.66. The number of aromatic nitrogens is 1. The summed E-state index contributed by atoms with van der Waals surface area (Å²) >= 11 is 0. The van der Waals surface area contributed by atoms with Crippen molar-refractivity contribution in [3.05, 3.63) is 60.2 Å². The molecule has 0 spiro atoms. The van der Waals surface area contributed by atoms with Crippen molar-refractivity contribution in [3.8, 4) is 0 Å². The highest BCUT2D eigenvalue weighted by atomic mass is 19.1. The maximum atomic E-state index is 13.2. The van der Waals surface area contributed by atoms with Crippen LogP contribution in [0, 0.1) is 5.82 Å². The molecule has 2 heterocycles. The molecule has 6 heteroatoms. The van der Waals surface area contributed by atoms with Gasteiger partial charge in [0.05, 0.1) is 18.4 Å². The fourth-order valence-electron chi connectivity index (χ4n) is 3.09. The lowest BCUT2D eigenvalue weighted by molar-refractivity contribution is -0.116. The van der Waals surface area contributed by atoms with E-state index in [2.05, 4.69) is 15.2 Å². The van der Waals surface area contributed by atoms with Crippen LogP contribution in [0.4, 0.5) is 10.1 Å². The Labute approximate surface area is 153 Å². The van der Waals surface area contributed by atoms with Gasteiger partial charge < -0.3 is 15.0 Å². The smallest absolute Gasteiger partial charge is 0.225 e. The predicted molar refractivity (Wildman–Crippen MR) is 98.1 cm³/mol. The zero-order valence-corrected chi connectivity index (χ0v) is 14.7. The number of amides is 1. The molecule has 0 aliphatic carbocycles. The summed E-state index contributed by atoms with van der Waals surface area (Å²) in [5.74, 6) is -0.459. The normalized spacial score (nSPS) is 17.8. The molecule has 1 aliphatic rings. The molecule has 1 amide bonds. The van der Waals surface area contributed by atoms with Crippen LogP contribution in [-0.2, 0) is 16.1 Å². The lowest BCUT2D eigenvalue weighted by Crippen LogP contribution is -2.40. The van der Waals surface area contributed by atoms with E-state index >= 15 is 0 Å². The van der Waals surface area contributed by atoms with Crippen LogP contribution >= 0.6 is 0 Å². The van der Waals surface area contributed by atoms with Gasteiger partial charge in [0.2, 0.25) is 5.91 Å². The van der Waals surface area contributed by atoms with Crippen molar-refractivity contribution < 1.29 is 13.9 Å². The number of carbonyl (C=O) groups is 1. The summed E-state index contributed by atoms with van der Waals surface area (Å²) in [5.41, 5.74) is 1.42. The van der Waals surface area contributed by atoms with E-state index in [4.69, 9.17) is 4.74 Å². The molecule has 138 valence electrons. The number of likely N-dealkylation sites (tertiary alicyclic amines) is 1. The quantitative estimate of drug-likeness (QED) is 0.827. The fraction of sp³-hybridized carbons (Fsp3) is 0.400. The second kappa shape index (κ2) is 9.40. The zero-order chi connectivity index (χ0) is 18.2. The molecular formula is C20H24FN3O2. The number of nitrogens with zero attached hydrogens (tertiary/aromatic N) is 2. The third-order valence-corrected chi connectivity index (χ3v) is 4.42. The second-order valence-electron chi connectivity index (χ2n) is 6.51. The summed E-state index contributed by atoms with van der Waals surface area (Å²) in [6, 6.07) is 11.7. The number of nitrogens with one attached hydrogen (secondary N) is 1. The van der Waals surface area contributed by atoms with Gasteiger partial charge in [0.15, 0.2) is 0 Å². The van der Waals surface area contributed by atoms with Crippen molar-refractivity contribution in [2.45, 2.75) is 32.0 Å². The Morgan fingerprint density at radius 1 is 1.31 bits per heavy atom. The fourth-order valence-corrected chi connectivity index (χ4v) is 3.09. The van der Waals surface area contributed by atoms with Gasteiger partial charge in [-0.15, -0.1) is 0 Å². The Hall–Kier alpha value is -2.31. The number of hydrogen-bond donors (Lipinski definition) is 1. The van der Waals surface area contributed by atoms with Gasteiger partial charge in [-0.05, 0) is 49.7 Å². The van der Waals surface area contributed by atoms with Crippen molar-refractivity contribution in [1.82, 2.24) is 9.88 Å². The summed E-state index contributed by atoms with van der Waals surface area (Å²) in [4.78, 5) is 18.6. The van der Waals surface area contributed by atoms with Crippen LogP contribution in [0.15, 0.2) is 48.7 Å². The topological polar surface area (TPSA) is 54.5 Å². The Bertz CT molecular complexity index is 711. The highest BCUT2D eigenvalue weighted by Gasteiger charge is 2.21. The first-order chi connectivity index (χ1) is 12.7. The van der Waals surface area contributed by atoms with Gasteiger partial charge >= 0.3 is 0 Å². The molecule has 2 aromatic rings. The molecule has 0 radical (unpaired) electrons. The monoisotopic (exact) mass is 357 g/mol. The van der Waals surface area contributed by atoms with E-state index in [-0.39, 0.29) is 17.8 Å². The van der Waals surface area contributed by atoms with Crippen LogP contribution in [-0.4, -0.2) is 41.5 Å². The van der Waals surface area contributed by atoms with Gasteiger partial charge in [0.1, 0.15) is 5.82 Å². The van der Waals surface area contributed by atoms with E-state index in [0.717, 1.165) is 31.6 Å². The lowest BCUT2D eigenvalue weighted by Gasteiger charge is -2.32. The molecule has 3 rings (SSSR count). The first kappa shape index (κ1) is 18.5. The minimum absolute atomic E-state index is 0.105. The lowest BCUT2D eigenvalue weighted by atomic mass is 10.1. The SMILES string of the molecule is O=C(CCN1CCCC(OCc2ccccn2)C1)Nc1cccc(F)c1. The van der Waals surface area contributed by atoms with Crippen molar-refractivity contribution in [3.63, 3.8) is 0 Å². The van der Waals surface area contributed by atoms with E-state index in [1.807, 2.05) is 18.2 Å². The van der Waals surface area contributed by atoms with Gasteiger partial charge in [-0.25, -0.2) is 4.39 Å². The Balaban J connectivity index is 1.39. The molecule has 26 heavy (non-hydrogen) atoms. The maximum absolute atomic E-state index is 13.2. The Morgan fingerprint density at radius 2 is 2.23 bits per heavy atom. The first-order valence-corrected chi connectivity index (χ1v) is 8.98. The van der Waals surface area contributed by atoms with E-state index in [0.29, 0.717) is 25.3 Å². The Morgan fingerprint density at radius 3 is 3.04 bits per heavy atom. The van der Waals surface area contributed by atoms with Crippen LogP contribution in [0.25, 0.3) is 0 Å². The summed E-state index contributed by atoms with van der Waals surface area (Å²) in [6.45, 7) is 2.97. The number of piperidine rings is 1. The highest BCUT2D eigenvalue weighted by Crippen LogP contribution is 2.15. The molecule has 1 atom stereocenters. The zero-order valence-electron chi connectivity index (χ0n) is 14.7. The van der Waals surface area contributed by atoms with E-state index < -0.39 is 0 Å². The van der Waals surface area contributed by atoms with Crippen LogP contribution < -0.4 is 5.32 Å². The van der Waals surface area contributed by atoms with Crippen molar-refractivity contribution in [2.24, 2.45) is 0 Å². The third-order valence-electron chi connectivity index (χ3n) is 4.42. The van der Waals surface area contributed by atoms with E-state index in [1.165, 1.54) is 12.1 Å². The molecule has 1 aromatic heterocycles. The highest BCUT2D eigenvalue weighted by molar-refractivity contribution is 5.90. The number of rotatable bonds is 7. The number of carbonyl (C=O) groups excluding carboxylic acids is 1. The number of anilines is 1. The number of benzene rings is 1. The Kier molecular flexibility index (Phi) is 6.68. The summed E-state index contributed by atoms with van der Waals surface area (Å²) in [6.07, 6.45) is 4.39. The summed E-state index contributed by atoms with van der Waals surface area (Å²) in [5, 5.41) is 2.74. The van der Waals surface area contributed by atoms with Crippen LogP contribution in [0.3, 0.4) is 0 Å². The molecule has 5 nitrogen and oxygen atoms in total. The third kappa shape index (κ3) is 5.89. The van der Waals surface area contributed by atoms with Gasteiger partial charge in [-0.3, -0.25) is 9.78 Å². The predicted octanol–water partition coefficient (Wildman–Crippen LogP) is 3.23. The van der Waals surface area contributed by atoms with E-state index in [1.54, 1.807) is 18.3 Å². The molecular weight excluding hydrogens is 333 g/mol. The van der Waals surface area contributed by atoms with Gasteiger partial charge in [-0.2, -0.15) is 0 Å². The van der Waals surface area contributed by atoms with Crippen molar-refractivity contribution in [2.75, 3.05) is 25.0 Å². The molecule has 0 saturated carbocycles. The summed E-state index contributed by atoms with van der Waals surface area (Å²) < 4.78 is 19.1. The van der Waals surface area contributed by atoms with Gasteiger partial charge in [0, 0.05) is 31.4 Å². The molecule has 1 N–H and O–H groups in total. The number of pyridine rings is 1. The molecule has 1 saturated heterocycles. The minimum Gasteiger partial charge on any atom is -0.371 e. The largest absolute Gasteiger partial charge is 0.371 e. The molecule has 0 bridgehead atoms. The van der Waals surface area contributed by atoms with Crippen molar-refractivity contribution in [1.29, 1.82) is 0 Å². The minimum atomic E-state index is -0.355. The standard InChI is InChI=1S/C20H24FN3O2/c21-16-5-3-7-17(13-16)23-20(25)9-12-24-11-4-8-19(14-24)26-15-18-6-1-2-10-22-18/h1-3,5-7,10,13,19H,4,8-9,11-12,14-15H2,(H,23,25). The molecule has 1 fully saturated rings. The molecule has 1 aliphatic heterocycles. The number of hydrogen-bond acceptors (Lipinski definition) is 4. The molecule has 1 unspecified atom stereocenters. The average molecular weight is 357 g/mol. The van der Waals surface area contributed by atoms with Crippen LogP contribution in [0.5, 0.6) is 0 Å². The second-order valence-corrected chi connectivity index (χ2v) is 6.51. The van der Waals surface area contributed by atoms with Gasteiger partial charge in [0.25, 0.3) is 0 Å². The van der Waals surface area contributed by atoms with E-state index in [9.17, 15) is 9.18 Å². The molecule has 1 aromatic carbocycles. The summed E-state index contributed by atoms with van der Waals surface area (Å²) in [7, 11) is 0. The number of ether oxygens (including phenoxy) is 1.